The van der Waals surface area contributed by atoms with Crippen LogP contribution in [0.2, 0.25) is 0 Å². The highest BCUT2D eigenvalue weighted by Crippen LogP contribution is 2.31. The van der Waals surface area contributed by atoms with Crippen molar-refractivity contribution in [2.45, 2.75) is 39.0 Å². The summed E-state index contributed by atoms with van der Waals surface area (Å²) >= 11 is 0. The molecule has 20 heavy (non-hydrogen) atoms. The molecule has 1 heterocycles. The Balaban J connectivity index is 1.63. The van der Waals surface area contributed by atoms with Crippen molar-refractivity contribution in [3.63, 3.8) is 0 Å². The molecule has 0 unspecified atom stereocenters. The lowest BCUT2D eigenvalue weighted by Gasteiger charge is -2.28. The number of nitrogens with one attached hydrogen (secondary N) is 1. The Labute approximate surface area is 118 Å². The van der Waals surface area contributed by atoms with Crippen LogP contribution in [0.5, 0.6) is 0 Å². The Morgan fingerprint density at radius 1 is 1.15 bits per heavy atom. The van der Waals surface area contributed by atoms with Crippen molar-refractivity contribution in [1.29, 1.82) is 0 Å². The van der Waals surface area contributed by atoms with Crippen LogP contribution in [0.4, 0.5) is 11.4 Å². The second kappa shape index (κ2) is 5.69. The van der Waals surface area contributed by atoms with Crippen LogP contribution in [-0.4, -0.2) is 16.9 Å². The molecule has 0 amide bonds. The van der Waals surface area contributed by atoms with Crippen molar-refractivity contribution in [2.24, 2.45) is 11.8 Å². The lowest BCUT2D eigenvalue weighted by molar-refractivity contribution is 0.278. The monoisotopic (exact) mass is 274 g/mol. The standard InChI is InChI=1S/C15H22N4O/c1-2-10-3-5-11(6-4-10)9-17-13-8-7-12(16)14-15(13)19-20-18-14/h7-8,10-11,17H,2-6,9,16H2,1H3. The molecule has 1 saturated carbocycles. The number of hydrogen-bond donors (Lipinski definition) is 2. The van der Waals surface area contributed by atoms with E-state index in [2.05, 4.69) is 22.6 Å². The van der Waals surface area contributed by atoms with Crippen LogP contribution < -0.4 is 11.1 Å². The van der Waals surface area contributed by atoms with Gasteiger partial charge in [-0.25, -0.2) is 4.63 Å². The van der Waals surface area contributed by atoms with E-state index in [-0.39, 0.29) is 0 Å². The summed E-state index contributed by atoms with van der Waals surface area (Å²) in [6.07, 6.45) is 6.70. The molecule has 5 heteroatoms. The van der Waals surface area contributed by atoms with Crippen LogP contribution in [0.15, 0.2) is 16.8 Å². The van der Waals surface area contributed by atoms with Gasteiger partial charge in [0.15, 0.2) is 11.0 Å². The predicted octanol–water partition coefficient (Wildman–Crippen LogP) is 3.43. The minimum Gasteiger partial charge on any atom is -0.397 e. The number of rotatable bonds is 4. The molecule has 1 aliphatic carbocycles. The van der Waals surface area contributed by atoms with Gasteiger partial charge in [-0.05, 0) is 47.1 Å². The van der Waals surface area contributed by atoms with E-state index < -0.39 is 0 Å². The fourth-order valence-corrected chi connectivity index (χ4v) is 3.13. The average molecular weight is 274 g/mol. The quantitative estimate of drug-likeness (QED) is 0.835. The van der Waals surface area contributed by atoms with Gasteiger partial charge in [0, 0.05) is 6.54 Å². The van der Waals surface area contributed by atoms with Crippen LogP contribution in [0, 0.1) is 11.8 Å². The van der Waals surface area contributed by atoms with Crippen LogP contribution in [0.1, 0.15) is 39.0 Å². The number of nitrogens with zero attached hydrogens (tertiary/aromatic N) is 2. The Hall–Kier alpha value is -1.78. The Morgan fingerprint density at radius 2 is 1.85 bits per heavy atom. The van der Waals surface area contributed by atoms with Gasteiger partial charge >= 0.3 is 0 Å². The number of nitrogens with two attached hydrogens (primary N) is 1. The van der Waals surface area contributed by atoms with E-state index in [0.29, 0.717) is 11.2 Å². The van der Waals surface area contributed by atoms with Crippen LogP contribution in [0.25, 0.3) is 11.0 Å². The number of nitrogen functional groups attached to an aromatic ring is 1. The van der Waals surface area contributed by atoms with E-state index in [0.717, 1.165) is 29.6 Å². The normalized spacial score (nSPS) is 23.1. The summed E-state index contributed by atoms with van der Waals surface area (Å²) in [5.41, 5.74) is 8.79. The molecule has 2 aromatic rings. The summed E-state index contributed by atoms with van der Waals surface area (Å²) in [4.78, 5) is 0. The van der Waals surface area contributed by atoms with Crippen molar-refractivity contribution in [3.05, 3.63) is 12.1 Å². The zero-order valence-corrected chi connectivity index (χ0v) is 11.9. The molecule has 1 fully saturated rings. The zero-order chi connectivity index (χ0) is 13.9. The number of hydrogen-bond acceptors (Lipinski definition) is 5. The molecule has 1 aromatic heterocycles. The highest BCUT2D eigenvalue weighted by atomic mass is 16.6. The topological polar surface area (TPSA) is 77.0 Å². The maximum Gasteiger partial charge on any atom is 0.160 e. The smallest absolute Gasteiger partial charge is 0.160 e. The van der Waals surface area contributed by atoms with Crippen molar-refractivity contribution in [2.75, 3.05) is 17.6 Å². The van der Waals surface area contributed by atoms with Crippen molar-refractivity contribution >= 4 is 22.4 Å². The molecule has 0 radical (unpaired) electrons. The average Bonchev–Trinajstić information content (AvgIpc) is 2.98. The van der Waals surface area contributed by atoms with E-state index in [4.69, 9.17) is 10.4 Å². The van der Waals surface area contributed by atoms with Crippen molar-refractivity contribution in [3.8, 4) is 0 Å². The molecule has 0 atom stereocenters. The Kier molecular flexibility index (Phi) is 3.76. The molecular weight excluding hydrogens is 252 g/mol. The Morgan fingerprint density at radius 3 is 2.60 bits per heavy atom. The minimum atomic E-state index is 0.607. The highest BCUT2D eigenvalue weighted by Gasteiger charge is 2.20. The lowest BCUT2D eigenvalue weighted by Crippen LogP contribution is -2.21. The van der Waals surface area contributed by atoms with Crippen LogP contribution in [0.3, 0.4) is 0 Å². The van der Waals surface area contributed by atoms with Gasteiger partial charge in [-0.15, -0.1) is 0 Å². The predicted molar refractivity (Wildman–Crippen MR) is 80.4 cm³/mol. The number of benzene rings is 1. The maximum atomic E-state index is 5.85. The van der Waals surface area contributed by atoms with E-state index in [1.165, 1.54) is 32.1 Å². The molecule has 1 aliphatic rings. The van der Waals surface area contributed by atoms with Crippen molar-refractivity contribution < 1.29 is 4.63 Å². The third-order valence-corrected chi connectivity index (χ3v) is 4.57. The highest BCUT2D eigenvalue weighted by molar-refractivity contribution is 5.94. The number of anilines is 2. The largest absolute Gasteiger partial charge is 0.397 e. The molecule has 108 valence electrons. The molecule has 0 aliphatic heterocycles. The van der Waals surface area contributed by atoms with Gasteiger partial charge in [0.25, 0.3) is 0 Å². The molecule has 0 saturated heterocycles. The van der Waals surface area contributed by atoms with E-state index in [1.807, 2.05) is 12.1 Å². The second-order valence-corrected chi connectivity index (χ2v) is 5.84. The molecule has 1 aromatic carbocycles. The van der Waals surface area contributed by atoms with Crippen LogP contribution >= 0.6 is 0 Å². The Bertz CT molecular complexity index is 572. The van der Waals surface area contributed by atoms with E-state index >= 15 is 0 Å². The van der Waals surface area contributed by atoms with Crippen LogP contribution in [-0.2, 0) is 0 Å². The fraction of sp³-hybridized carbons (Fsp3) is 0.600. The van der Waals surface area contributed by atoms with Gasteiger partial charge in [0.1, 0.15) is 0 Å². The summed E-state index contributed by atoms with van der Waals surface area (Å²) in [6, 6.07) is 3.81. The van der Waals surface area contributed by atoms with Gasteiger partial charge in [0.05, 0.1) is 11.4 Å². The van der Waals surface area contributed by atoms with Crippen molar-refractivity contribution in [1.82, 2.24) is 10.3 Å². The zero-order valence-electron chi connectivity index (χ0n) is 11.9. The first-order valence-electron chi connectivity index (χ1n) is 7.52. The molecule has 3 rings (SSSR count). The minimum absolute atomic E-state index is 0.607. The summed E-state index contributed by atoms with van der Waals surface area (Å²) in [7, 11) is 0. The lowest BCUT2D eigenvalue weighted by atomic mass is 9.81. The summed E-state index contributed by atoms with van der Waals surface area (Å²) in [6.45, 7) is 3.29. The molecule has 0 bridgehead atoms. The summed E-state index contributed by atoms with van der Waals surface area (Å²) in [5, 5.41) is 11.3. The van der Waals surface area contributed by atoms with Gasteiger partial charge in [-0.1, -0.05) is 26.2 Å². The number of fused-ring (bicyclic) bond motifs is 1. The second-order valence-electron chi connectivity index (χ2n) is 5.84. The van der Waals surface area contributed by atoms with E-state index in [9.17, 15) is 0 Å². The van der Waals surface area contributed by atoms with Gasteiger partial charge in [0.2, 0.25) is 0 Å². The third kappa shape index (κ3) is 2.57. The van der Waals surface area contributed by atoms with Gasteiger partial charge in [-0.3, -0.25) is 0 Å². The first-order chi connectivity index (χ1) is 9.78. The third-order valence-electron chi connectivity index (χ3n) is 4.57. The molecular formula is C15H22N4O. The van der Waals surface area contributed by atoms with Gasteiger partial charge < -0.3 is 11.1 Å². The fourth-order valence-electron chi connectivity index (χ4n) is 3.13. The molecule has 3 N–H and O–H groups in total. The first-order valence-corrected chi connectivity index (χ1v) is 7.52. The van der Waals surface area contributed by atoms with Gasteiger partial charge in [-0.2, -0.15) is 0 Å². The number of aromatic nitrogens is 2. The van der Waals surface area contributed by atoms with E-state index in [1.54, 1.807) is 0 Å². The summed E-state index contributed by atoms with van der Waals surface area (Å²) in [5.74, 6) is 1.69. The maximum absolute atomic E-state index is 5.85. The first kappa shape index (κ1) is 13.2. The molecule has 5 nitrogen and oxygen atoms in total. The summed E-state index contributed by atoms with van der Waals surface area (Å²) < 4.78 is 4.79. The molecule has 0 spiro atoms. The SMILES string of the molecule is CCC1CCC(CNc2ccc(N)c3nonc23)CC1.